The van der Waals surface area contributed by atoms with Gasteiger partial charge in [-0.3, -0.25) is 0 Å². The summed E-state index contributed by atoms with van der Waals surface area (Å²) in [6.45, 7) is 15.0. The van der Waals surface area contributed by atoms with E-state index in [4.69, 9.17) is 0 Å². The van der Waals surface area contributed by atoms with Crippen molar-refractivity contribution in [3.63, 3.8) is 0 Å². The van der Waals surface area contributed by atoms with Crippen molar-refractivity contribution in [3.8, 4) is 12.8 Å². The van der Waals surface area contributed by atoms with Crippen LogP contribution in [0.4, 0.5) is 0 Å². The molecule has 6 atom stereocenters. The molecule has 0 heteroatoms. The maximum absolute atomic E-state index is 4.00. The van der Waals surface area contributed by atoms with Crippen LogP contribution in [-0.2, 0) is 0 Å². The maximum Gasteiger partial charge on any atom is -0.00851 e. The third-order valence-electron chi connectivity index (χ3n) is 9.47. The molecule has 0 radical (unpaired) electrons. The van der Waals surface area contributed by atoms with Crippen LogP contribution >= 0.6 is 0 Å². The third kappa shape index (κ3) is 5.75. The van der Waals surface area contributed by atoms with E-state index in [1.54, 1.807) is 0 Å². The number of rotatable bonds is 7. The van der Waals surface area contributed by atoms with E-state index < -0.39 is 0 Å². The Morgan fingerprint density at radius 2 is 1.77 bits per heavy atom. The van der Waals surface area contributed by atoms with E-state index in [2.05, 4.69) is 60.5 Å². The molecule has 30 heavy (non-hydrogen) atoms. The molecule has 0 amide bonds. The first kappa shape index (κ1) is 27.3. The summed E-state index contributed by atoms with van der Waals surface area (Å²) in [6, 6.07) is 0. The molecule has 0 aromatic rings. The van der Waals surface area contributed by atoms with Gasteiger partial charge >= 0.3 is 0 Å². The van der Waals surface area contributed by atoms with Crippen LogP contribution in [0.15, 0.2) is 11.6 Å². The second-order valence-corrected chi connectivity index (χ2v) is 11.7. The minimum Gasteiger partial charge on any atom is -0.124 e. The number of hydrogen-bond acceptors (Lipinski definition) is 0. The smallest absolute Gasteiger partial charge is 0.00851 e. The summed E-state index contributed by atoms with van der Waals surface area (Å²) >= 11 is 0. The van der Waals surface area contributed by atoms with Crippen LogP contribution in [0.2, 0.25) is 0 Å². The highest BCUT2D eigenvalue weighted by molar-refractivity contribution is 5.24. The van der Waals surface area contributed by atoms with Crippen molar-refractivity contribution in [1.82, 2.24) is 0 Å². The van der Waals surface area contributed by atoms with Gasteiger partial charge in [-0.05, 0) is 85.4 Å². The number of allylic oxidation sites excluding steroid dienone is 2. The van der Waals surface area contributed by atoms with Gasteiger partial charge in [-0.15, -0.1) is 12.8 Å². The molecule has 174 valence electrons. The van der Waals surface area contributed by atoms with Crippen LogP contribution in [0.3, 0.4) is 0 Å². The van der Waals surface area contributed by atoms with Crippen molar-refractivity contribution >= 4 is 0 Å². The van der Waals surface area contributed by atoms with Crippen LogP contribution in [0.5, 0.6) is 0 Å². The van der Waals surface area contributed by atoms with Gasteiger partial charge in [0.1, 0.15) is 0 Å². The van der Waals surface area contributed by atoms with Crippen molar-refractivity contribution in [2.45, 2.75) is 126 Å². The molecule has 3 aliphatic rings. The second kappa shape index (κ2) is 11.8. The van der Waals surface area contributed by atoms with Gasteiger partial charge in [0.05, 0.1) is 0 Å². The normalized spacial score (nSPS) is 37.7. The van der Waals surface area contributed by atoms with Gasteiger partial charge < -0.3 is 0 Å². The molecular weight excluding hydrogens is 360 g/mol. The topological polar surface area (TPSA) is 0 Å². The molecule has 0 aliphatic heterocycles. The molecule has 0 bridgehead atoms. The Bertz CT molecular complexity index is 552. The van der Waals surface area contributed by atoms with E-state index in [-0.39, 0.29) is 7.43 Å². The van der Waals surface area contributed by atoms with E-state index >= 15 is 0 Å². The molecule has 0 spiro atoms. The van der Waals surface area contributed by atoms with E-state index in [0.29, 0.717) is 10.8 Å². The minimum absolute atomic E-state index is 0. The fourth-order valence-corrected chi connectivity index (χ4v) is 7.33. The summed E-state index contributed by atoms with van der Waals surface area (Å²) < 4.78 is 0. The Labute approximate surface area is 191 Å². The number of fused-ring (bicyclic) bond motifs is 3. The highest BCUT2D eigenvalue weighted by Crippen LogP contribution is 2.63. The van der Waals surface area contributed by atoms with Crippen LogP contribution in [-0.4, -0.2) is 0 Å². The second-order valence-electron chi connectivity index (χ2n) is 11.7. The lowest BCUT2D eigenvalue weighted by Gasteiger charge is -2.59. The summed E-state index contributed by atoms with van der Waals surface area (Å²) in [6.07, 6.45) is 28.1. The molecule has 0 heterocycles. The van der Waals surface area contributed by atoms with Gasteiger partial charge in [0.25, 0.3) is 0 Å². The Morgan fingerprint density at radius 1 is 1.07 bits per heavy atom. The Hall–Kier alpha value is -0.700. The third-order valence-corrected chi connectivity index (χ3v) is 9.47. The molecule has 3 aliphatic carbocycles. The van der Waals surface area contributed by atoms with Gasteiger partial charge in [0, 0.05) is 0 Å². The monoisotopic (exact) mass is 414 g/mol. The van der Waals surface area contributed by atoms with Crippen molar-refractivity contribution in [3.05, 3.63) is 11.6 Å². The SMILES string of the molecule is C.C#C.CCC1(C)CCC2C(CC=C3CC(C)CCC32C)C1CCCCCC(C)C. The lowest BCUT2D eigenvalue weighted by molar-refractivity contribution is -0.0502. The molecule has 3 rings (SSSR count). The summed E-state index contributed by atoms with van der Waals surface area (Å²) in [4.78, 5) is 0. The molecule has 2 saturated carbocycles. The molecule has 0 N–H and O–H groups in total. The molecule has 0 saturated heterocycles. The van der Waals surface area contributed by atoms with Crippen molar-refractivity contribution in [2.24, 2.45) is 40.4 Å². The zero-order valence-electron chi connectivity index (χ0n) is 20.6. The van der Waals surface area contributed by atoms with Gasteiger partial charge in [0.2, 0.25) is 0 Å². The van der Waals surface area contributed by atoms with Gasteiger partial charge in [-0.25, -0.2) is 0 Å². The Morgan fingerprint density at radius 3 is 2.40 bits per heavy atom. The highest BCUT2D eigenvalue weighted by atomic mass is 14.6. The first-order valence-electron chi connectivity index (χ1n) is 12.8. The van der Waals surface area contributed by atoms with Crippen molar-refractivity contribution in [1.29, 1.82) is 0 Å². The number of hydrogen-bond donors (Lipinski definition) is 0. The van der Waals surface area contributed by atoms with E-state index in [1.165, 1.54) is 77.0 Å². The Kier molecular flexibility index (Phi) is 10.7. The first-order chi connectivity index (χ1) is 13.8. The first-order valence-corrected chi connectivity index (χ1v) is 12.8. The molecule has 2 fully saturated rings. The van der Waals surface area contributed by atoms with Crippen LogP contribution < -0.4 is 0 Å². The number of terminal acetylenes is 1. The molecular formula is C30H54. The van der Waals surface area contributed by atoms with E-state index in [9.17, 15) is 0 Å². The molecule has 0 nitrogen and oxygen atoms in total. The standard InChI is InChI=1S/C27H48.C2H2.CH4/c1-7-26(5)17-16-25-23(24(26)12-10-8-9-11-20(2)3)14-13-22-19-21(4)15-18-27(22,25)6;1-2;/h13,20-21,23-25H,7-12,14-19H2,1-6H3;1-2H;1H4. The Balaban J connectivity index is 0.00000146. The summed E-state index contributed by atoms with van der Waals surface area (Å²) in [5.74, 6) is 4.71. The fraction of sp³-hybridized carbons (Fsp3) is 0.867. The zero-order valence-corrected chi connectivity index (χ0v) is 20.6. The fourth-order valence-electron chi connectivity index (χ4n) is 7.33. The lowest BCUT2D eigenvalue weighted by atomic mass is 9.46. The lowest BCUT2D eigenvalue weighted by Crippen LogP contribution is -2.50. The zero-order chi connectivity index (χ0) is 21.7. The molecule has 0 aromatic heterocycles. The largest absolute Gasteiger partial charge is 0.124 e. The average Bonchev–Trinajstić information content (AvgIpc) is 2.71. The highest BCUT2D eigenvalue weighted by Gasteiger charge is 2.53. The molecule has 0 aromatic carbocycles. The maximum atomic E-state index is 4.00. The van der Waals surface area contributed by atoms with Crippen LogP contribution in [0.1, 0.15) is 126 Å². The predicted molar refractivity (Wildman–Crippen MR) is 136 cm³/mol. The molecule has 6 unspecified atom stereocenters. The van der Waals surface area contributed by atoms with Gasteiger partial charge in [-0.1, -0.05) is 92.7 Å². The van der Waals surface area contributed by atoms with Gasteiger partial charge in [0.15, 0.2) is 0 Å². The summed E-state index contributed by atoms with van der Waals surface area (Å²) in [5, 5.41) is 0. The van der Waals surface area contributed by atoms with E-state index in [0.717, 1.165) is 29.6 Å². The summed E-state index contributed by atoms with van der Waals surface area (Å²) in [5.41, 5.74) is 3.00. The quantitative estimate of drug-likeness (QED) is 0.221. The minimum atomic E-state index is 0. The van der Waals surface area contributed by atoms with Crippen LogP contribution in [0, 0.1) is 53.3 Å². The van der Waals surface area contributed by atoms with Gasteiger partial charge in [-0.2, -0.15) is 0 Å². The van der Waals surface area contributed by atoms with E-state index in [1.807, 2.05) is 5.57 Å². The van der Waals surface area contributed by atoms with Crippen LogP contribution in [0.25, 0.3) is 0 Å². The van der Waals surface area contributed by atoms with Crippen molar-refractivity contribution in [2.75, 3.05) is 0 Å². The summed E-state index contributed by atoms with van der Waals surface area (Å²) in [7, 11) is 0. The average molecular weight is 415 g/mol. The number of unbranched alkanes of at least 4 members (excludes halogenated alkanes) is 2. The predicted octanol–water partition coefficient (Wildman–Crippen LogP) is 9.69. The van der Waals surface area contributed by atoms with Crippen molar-refractivity contribution < 1.29 is 0 Å².